The van der Waals surface area contributed by atoms with E-state index in [-0.39, 0.29) is 5.56 Å². The molecule has 19 heavy (non-hydrogen) atoms. The molecule has 0 aliphatic carbocycles. The summed E-state index contributed by atoms with van der Waals surface area (Å²) in [6, 6.07) is 11.8. The van der Waals surface area contributed by atoms with Gasteiger partial charge in [-0.15, -0.1) is 0 Å². The van der Waals surface area contributed by atoms with Crippen molar-refractivity contribution in [3.05, 3.63) is 70.1 Å². The lowest BCUT2D eigenvalue weighted by Gasteiger charge is -2.28. The molecule has 98 valence electrons. The summed E-state index contributed by atoms with van der Waals surface area (Å²) in [7, 11) is 0. The summed E-state index contributed by atoms with van der Waals surface area (Å²) in [6.45, 7) is 3.36. The first kappa shape index (κ1) is 13.1. The summed E-state index contributed by atoms with van der Waals surface area (Å²) in [5.41, 5.74) is -0.345. The van der Waals surface area contributed by atoms with Crippen LogP contribution in [0.5, 0.6) is 0 Å². The number of aromatic nitrogens is 1. The second kappa shape index (κ2) is 4.72. The molecule has 2 rings (SSSR count). The van der Waals surface area contributed by atoms with Gasteiger partial charge in [-0.3, -0.25) is 9.36 Å². The van der Waals surface area contributed by atoms with Gasteiger partial charge in [-0.1, -0.05) is 36.4 Å². The third-order valence-corrected chi connectivity index (χ3v) is 3.29. The van der Waals surface area contributed by atoms with E-state index in [1.54, 1.807) is 36.5 Å². The van der Waals surface area contributed by atoms with Crippen LogP contribution in [0.3, 0.4) is 0 Å². The Morgan fingerprint density at radius 3 is 2.37 bits per heavy atom. The molecule has 1 aromatic carbocycles. The SMILES string of the molecule is Cc1ccc(=O)n(C(C)(C(=O)O)c2ccccc2)c1. The molecule has 0 fully saturated rings. The lowest BCUT2D eigenvalue weighted by Crippen LogP contribution is -2.45. The highest BCUT2D eigenvalue weighted by molar-refractivity contribution is 5.80. The molecule has 0 saturated heterocycles. The smallest absolute Gasteiger partial charge is 0.334 e. The lowest BCUT2D eigenvalue weighted by atomic mass is 9.91. The van der Waals surface area contributed by atoms with E-state index < -0.39 is 11.5 Å². The lowest BCUT2D eigenvalue weighted by molar-refractivity contribution is -0.144. The topological polar surface area (TPSA) is 59.3 Å². The van der Waals surface area contributed by atoms with Gasteiger partial charge in [0, 0.05) is 12.3 Å². The zero-order valence-corrected chi connectivity index (χ0v) is 10.8. The van der Waals surface area contributed by atoms with E-state index >= 15 is 0 Å². The number of aliphatic carboxylic acids is 1. The number of rotatable bonds is 3. The van der Waals surface area contributed by atoms with Gasteiger partial charge in [0.05, 0.1) is 0 Å². The van der Waals surface area contributed by atoms with E-state index in [1.165, 1.54) is 17.6 Å². The third kappa shape index (κ3) is 2.17. The van der Waals surface area contributed by atoms with Gasteiger partial charge in [0.25, 0.3) is 5.56 Å². The van der Waals surface area contributed by atoms with Crippen LogP contribution in [0.4, 0.5) is 0 Å². The highest BCUT2D eigenvalue weighted by atomic mass is 16.4. The maximum absolute atomic E-state index is 12.0. The minimum Gasteiger partial charge on any atom is -0.479 e. The molecule has 4 heteroatoms. The summed E-state index contributed by atoms with van der Waals surface area (Å²) in [6.07, 6.45) is 1.57. The largest absolute Gasteiger partial charge is 0.479 e. The fourth-order valence-corrected chi connectivity index (χ4v) is 2.07. The van der Waals surface area contributed by atoms with Crippen LogP contribution in [-0.4, -0.2) is 15.6 Å². The van der Waals surface area contributed by atoms with Crippen molar-refractivity contribution < 1.29 is 9.90 Å². The number of aryl methyl sites for hydroxylation is 1. The first-order chi connectivity index (χ1) is 8.96. The van der Waals surface area contributed by atoms with Crippen molar-refractivity contribution in [1.29, 1.82) is 0 Å². The molecule has 1 heterocycles. The van der Waals surface area contributed by atoms with Crippen LogP contribution in [-0.2, 0) is 10.3 Å². The summed E-state index contributed by atoms with van der Waals surface area (Å²) >= 11 is 0. The molecular formula is C15H15NO3. The van der Waals surface area contributed by atoms with Gasteiger partial charge in [0.15, 0.2) is 5.54 Å². The number of carbonyl (C=O) groups is 1. The minimum absolute atomic E-state index is 0.334. The van der Waals surface area contributed by atoms with Crippen molar-refractivity contribution in [2.24, 2.45) is 0 Å². The van der Waals surface area contributed by atoms with Crippen LogP contribution in [0.2, 0.25) is 0 Å². The van der Waals surface area contributed by atoms with E-state index in [0.29, 0.717) is 5.56 Å². The molecule has 1 aromatic heterocycles. The minimum atomic E-state index is -1.41. The van der Waals surface area contributed by atoms with Gasteiger partial charge < -0.3 is 5.11 Å². The van der Waals surface area contributed by atoms with Crippen molar-refractivity contribution in [2.75, 3.05) is 0 Å². The Balaban J connectivity index is 2.74. The van der Waals surface area contributed by atoms with E-state index in [9.17, 15) is 14.7 Å². The van der Waals surface area contributed by atoms with Crippen LogP contribution < -0.4 is 5.56 Å². The number of benzene rings is 1. The molecule has 0 spiro atoms. The van der Waals surface area contributed by atoms with Crippen LogP contribution in [0.25, 0.3) is 0 Å². The molecular weight excluding hydrogens is 242 g/mol. The number of carboxylic acids is 1. The molecule has 0 amide bonds. The number of hydrogen-bond acceptors (Lipinski definition) is 2. The molecule has 0 aliphatic rings. The highest BCUT2D eigenvalue weighted by Gasteiger charge is 2.37. The van der Waals surface area contributed by atoms with Crippen molar-refractivity contribution >= 4 is 5.97 Å². The standard InChI is InChI=1S/C15H15NO3/c1-11-8-9-13(17)16(10-11)15(2,14(18)19)12-6-4-3-5-7-12/h3-10H,1-2H3,(H,18,19). The predicted molar refractivity (Wildman–Crippen MR) is 72.3 cm³/mol. The van der Waals surface area contributed by atoms with E-state index in [2.05, 4.69) is 0 Å². The van der Waals surface area contributed by atoms with E-state index in [1.807, 2.05) is 13.0 Å². The van der Waals surface area contributed by atoms with Gasteiger partial charge in [-0.25, -0.2) is 4.79 Å². The Labute approximate surface area is 110 Å². The Kier molecular flexibility index (Phi) is 3.25. The van der Waals surface area contributed by atoms with Crippen molar-refractivity contribution in [1.82, 2.24) is 4.57 Å². The van der Waals surface area contributed by atoms with Crippen LogP contribution >= 0.6 is 0 Å². The molecule has 2 aromatic rings. The van der Waals surface area contributed by atoms with Crippen LogP contribution in [0.15, 0.2) is 53.5 Å². The second-order valence-corrected chi connectivity index (χ2v) is 4.66. The number of nitrogens with zero attached hydrogens (tertiary/aromatic N) is 1. The monoisotopic (exact) mass is 257 g/mol. The Hall–Kier alpha value is -2.36. The Morgan fingerprint density at radius 1 is 1.16 bits per heavy atom. The Bertz CT molecular complexity index is 661. The van der Waals surface area contributed by atoms with Crippen LogP contribution in [0.1, 0.15) is 18.1 Å². The molecule has 0 saturated carbocycles. The molecule has 0 bridgehead atoms. The summed E-state index contributed by atoms with van der Waals surface area (Å²) < 4.78 is 1.26. The van der Waals surface area contributed by atoms with Gasteiger partial charge in [-0.2, -0.15) is 0 Å². The maximum Gasteiger partial charge on any atom is 0.334 e. The molecule has 1 atom stereocenters. The zero-order valence-electron chi connectivity index (χ0n) is 10.8. The molecule has 1 unspecified atom stereocenters. The van der Waals surface area contributed by atoms with Gasteiger partial charge in [0.1, 0.15) is 0 Å². The van der Waals surface area contributed by atoms with Crippen LogP contribution in [0, 0.1) is 6.92 Å². The molecule has 0 aliphatic heterocycles. The Morgan fingerprint density at radius 2 is 1.79 bits per heavy atom. The summed E-state index contributed by atoms with van der Waals surface area (Å²) in [5, 5.41) is 9.59. The quantitative estimate of drug-likeness (QED) is 0.915. The summed E-state index contributed by atoms with van der Waals surface area (Å²) in [4.78, 5) is 23.7. The summed E-state index contributed by atoms with van der Waals surface area (Å²) in [5.74, 6) is -1.06. The van der Waals surface area contributed by atoms with Gasteiger partial charge in [0.2, 0.25) is 0 Å². The molecule has 4 nitrogen and oxygen atoms in total. The highest BCUT2D eigenvalue weighted by Crippen LogP contribution is 2.25. The average molecular weight is 257 g/mol. The van der Waals surface area contributed by atoms with Crippen molar-refractivity contribution in [3.63, 3.8) is 0 Å². The fraction of sp³-hybridized carbons (Fsp3) is 0.200. The molecule has 0 radical (unpaired) electrons. The fourth-order valence-electron chi connectivity index (χ4n) is 2.07. The van der Waals surface area contributed by atoms with E-state index in [0.717, 1.165) is 5.56 Å². The first-order valence-electron chi connectivity index (χ1n) is 5.95. The van der Waals surface area contributed by atoms with Crippen molar-refractivity contribution in [2.45, 2.75) is 19.4 Å². The van der Waals surface area contributed by atoms with E-state index in [4.69, 9.17) is 0 Å². The average Bonchev–Trinajstić information content (AvgIpc) is 2.41. The predicted octanol–water partition coefficient (Wildman–Crippen LogP) is 2.00. The zero-order chi connectivity index (χ0) is 14.0. The maximum atomic E-state index is 12.0. The molecule has 1 N–H and O–H groups in total. The van der Waals surface area contributed by atoms with Gasteiger partial charge in [-0.05, 0) is 25.0 Å². The second-order valence-electron chi connectivity index (χ2n) is 4.66. The number of carboxylic acid groups (broad SMARTS) is 1. The first-order valence-corrected chi connectivity index (χ1v) is 5.95. The normalized spacial score (nSPS) is 13.8. The number of hydrogen-bond donors (Lipinski definition) is 1. The van der Waals surface area contributed by atoms with Gasteiger partial charge >= 0.3 is 5.97 Å². The van der Waals surface area contributed by atoms with Crippen molar-refractivity contribution in [3.8, 4) is 0 Å². The number of pyridine rings is 1. The third-order valence-electron chi connectivity index (χ3n) is 3.29.